The number of halogens is 3. The normalized spacial score (nSPS) is 11.8. The van der Waals surface area contributed by atoms with E-state index in [1.807, 2.05) is 0 Å². The van der Waals surface area contributed by atoms with Crippen molar-refractivity contribution in [3.8, 4) is 0 Å². The smallest absolute Gasteiger partial charge is 0.166 e. The van der Waals surface area contributed by atoms with Gasteiger partial charge < -0.3 is 0 Å². The lowest BCUT2D eigenvalue weighted by molar-refractivity contribution is -0.138. The second-order valence-electron chi connectivity index (χ2n) is 2.59. The Labute approximate surface area is 69.0 Å². The molecule has 0 amide bonds. The maximum Gasteiger partial charge on any atom is 0.417 e. The Morgan fingerprint density at radius 3 is 2.25 bits per heavy atom. The minimum absolute atomic E-state index is 0.223. The van der Waals surface area contributed by atoms with E-state index in [0.717, 1.165) is 0 Å². The summed E-state index contributed by atoms with van der Waals surface area (Å²) in [4.78, 5) is 0. The molecule has 0 saturated heterocycles. The van der Waals surface area contributed by atoms with E-state index in [1.165, 1.54) is 13.0 Å². The molecule has 0 saturated carbocycles. The lowest BCUT2D eigenvalue weighted by atomic mass is 10.0. The molecule has 0 aliphatic rings. The number of hydrogen-bond acceptors (Lipinski definition) is 0. The van der Waals surface area contributed by atoms with E-state index >= 15 is 0 Å². The van der Waals surface area contributed by atoms with Crippen molar-refractivity contribution in [2.75, 3.05) is 0 Å². The molecule has 3 heteroatoms. The summed E-state index contributed by atoms with van der Waals surface area (Å²) in [7, 11) is 0. The second-order valence-corrected chi connectivity index (χ2v) is 2.59. The lowest BCUT2D eigenvalue weighted by Gasteiger charge is -2.10. The van der Waals surface area contributed by atoms with Crippen molar-refractivity contribution < 1.29 is 13.2 Å². The molecule has 1 rings (SSSR count). The molecule has 2 radical (unpaired) electrons. The zero-order valence-corrected chi connectivity index (χ0v) is 6.71. The van der Waals surface area contributed by atoms with Gasteiger partial charge in [0.05, 0.1) is 5.56 Å². The molecule has 64 valence electrons. The van der Waals surface area contributed by atoms with Crippen molar-refractivity contribution in [3.05, 3.63) is 34.9 Å². The molecule has 0 fully saturated rings. The number of alkyl halides is 3. The van der Waals surface area contributed by atoms with E-state index in [9.17, 15) is 13.2 Å². The van der Waals surface area contributed by atoms with E-state index < -0.39 is 11.7 Å². The zero-order valence-electron chi connectivity index (χ0n) is 6.71. The van der Waals surface area contributed by atoms with Gasteiger partial charge in [-0.25, -0.2) is 0 Å². The maximum absolute atomic E-state index is 12.2. The largest absolute Gasteiger partial charge is 0.417 e. The molecular formula is C9H7F3. The predicted octanol–water partition coefficient (Wildman–Crippen LogP) is 2.92. The molecule has 1 aromatic carbocycles. The van der Waals surface area contributed by atoms with Crippen LogP contribution in [0.1, 0.15) is 16.7 Å². The topological polar surface area (TPSA) is 0 Å². The van der Waals surface area contributed by atoms with Gasteiger partial charge in [0.25, 0.3) is 0 Å². The van der Waals surface area contributed by atoms with Gasteiger partial charge in [-0.2, -0.15) is 13.2 Å². The van der Waals surface area contributed by atoms with E-state index in [1.54, 1.807) is 6.92 Å². The average Bonchev–Trinajstić information content (AvgIpc) is 1.92. The van der Waals surface area contributed by atoms with Crippen LogP contribution in [0.5, 0.6) is 0 Å². The van der Waals surface area contributed by atoms with Crippen LogP contribution in [0.25, 0.3) is 0 Å². The van der Waals surface area contributed by atoms with Crippen molar-refractivity contribution in [3.63, 3.8) is 0 Å². The predicted molar refractivity (Wildman–Crippen MR) is 38.6 cm³/mol. The summed E-state index contributed by atoms with van der Waals surface area (Å²) in [6, 6.07) is 5.89. The van der Waals surface area contributed by atoms with Gasteiger partial charge in [-0.3, -0.25) is 0 Å². The van der Waals surface area contributed by atoms with Gasteiger partial charge >= 0.3 is 6.18 Å². The summed E-state index contributed by atoms with van der Waals surface area (Å²) in [6.07, 6.45) is -4.31. The third-order valence-corrected chi connectivity index (χ3v) is 1.74. The van der Waals surface area contributed by atoms with Gasteiger partial charge in [0.15, 0.2) is 0 Å². The quantitative estimate of drug-likeness (QED) is 0.564. The highest BCUT2D eigenvalue weighted by Crippen LogP contribution is 2.31. The van der Waals surface area contributed by atoms with Crippen LogP contribution in [-0.4, -0.2) is 0 Å². The number of benzene rings is 1. The molecular weight excluding hydrogens is 165 g/mol. The molecule has 12 heavy (non-hydrogen) atoms. The SMILES string of the molecule is Cc1c[c][c]c(C(F)(F)F)c1C. The van der Waals surface area contributed by atoms with Crippen LogP contribution in [0.4, 0.5) is 13.2 Å². The average molecular weight is 172 g/mol. The van der Waals surface area contributed by atoms with Crippen LogP contribution in [0, 0.1) is 26.0 Å². The summed E-state index contributed by atoms with van der Waals surface area (Å²) in [5, 5.41) is 0. The Kier molecular flexibility index (Phi) is 2.13. The highest BCUT2D eigenvalue weighted by Gasteiger charge is 2.32. The molecule has 1 aromatic rings. The first-order valence-corrected chi connectivity index (χ1v) is 3.39. The van der Waals surface area contributed by atoms with Crippen LogP contribution in [0.3, 0.4) is 0 Å². The minimum Gasteiger partial charge on any atom is -0.166 e. The summed E-state index contributed by atoms with van der Waals surface area (Å²) in [5.41, 5.74) is 0.0878. The second kappa shape index (κ2) is 2.81. The van der Waals surface area contributed by atoms with Crippen molar-refractivity contribution in [1.82, 2.24) is 0 Å². The molecule has 0 N–H and O–H groups in total. The Bertz CT molecular complexity index is 286. The van der Waals surface area contributed by atoms with Crippen LogP contribution in [0.15, 0.2) is 6.07 Å². The van der Waals surface area contributed by atoms with Crippen molar-refractivity contribution >= 4 is 0 Å². The van der Waals surface area contributed by atoms with Gasteiger partial charge in [-0.15, -0.1) is 0 Å². The first kappa shape index (κ1) is 9.10. The monoisotopic (exact) mass is 172 g/mol. The third-order valence-electron chi connectivity index (χ3n) is 1.74. The highest BCUT2D eigenvalue weighted by molar-refractivity contribution is 5.33. The Morgan fingerprint density at radius 1 is 1.25 bits per heavy atom. The molecule has 0 aromatic heterocycles. The first-order chi connectivity index (χ1) is 5.43. The van der Waals surface area contributed by atoms with Gasteiger partial charge in [0.2, 0.25) is 0 Å². The van der Waals surface area contributed by atoms with Crippen LogP contribution < -0.4 is 0 Å². The lowest BCUT2D eigenvalue weighted by Crippen LogP contribution is -2.08. The molecule has 0 unspecified atom stereocenters. The molecule has 0 aliphatic heterocycles. The summed E-state index contributed by atoms with van der Waals surface area (Å²) < 4.78 is 36.5. The molecule has 0 spiro atoms. The standard InChI is InChI=1S/C9H7F3/c1-6-4-3-5-8(7(6)2)9(10,11)12/h4H,1-2H3. The molecule has 0 bridgehead atoms. The molecule has 0 nitrogen and oxygen atoms in total. The van der Waals surface area contributed by atoms with Gasteiger partial charge in [-0.05, 0) is 31.0 Å². The van der Waals surface area contributed by atoms with Crippen molar-refractivity contribution in [2.45, 2.75) is 20.0 Å². The maximum atomic E-state index is 12.2. The Hall–Kier alpha value is -0.990. The van der Waals surface area contributed by atoms with E-state index in [4.69, 9.17) is 0 Å². The van der Waals surface area contributed by atoms with Crippen LogP contribution in [0.2, 0.25) is 0 Å². The fourth-order valence-corrected chi connectivity index (χ4v) is 0.899. The highest BCUT2D eigenvalue weighted by atomic mass is 19.4. The van der Waals surface area contributed by atoms with E-state index in [2.05, 4.69) is 12.1 Å². The number of aryl methyl sites for hydroxylation is 1. The summed E-state index contributed by atoms with van der Waals surface area (Å²) in [6.45, 7) is 3.05. The van der Waals surface area contributed by atoms with Crippen LogP contribution in [-0.2, 0) is 6.18 Å². The summed E-state index contributed by atoms with van der Waals surface area (Å²) in [5.74, 6) is 0. The molecule has 0 atom stereocenters. The minimum atomic E-state index is -4.31. The molecule has 0 heterocycles. The first-order valence-electron chi connectivity index (χ1n) is 3.39. The van der Waals surface area contributed by atoms with Crippen LogP contribution >= 0.6 is 0 Å². The fourth-order valence-electron chi connectivity index (χ4n) is 0.899. The van der Waals surface area contributed by atoms with Gasteiger partial charge in [0, 0.05) is 6.07 Å². The number of rotatable bonds is 0. The summed E-state index contributed by atoms with van der Waals surface area (Å²) >= 11 is 0. The van der Waals surface area contributed by atoms with E-state index in [-0.39, 0.29) is 5.56 Å². The van der Waals surface area contributed by atoms with E-state index in [0.29, 0.717) is 5.56 Å². The zero-order chi connectivity index (χ0) is 9.35. The van der Waals surface area contributed by atoms with Crippen molar-refractivity contribution in [2.24, 2.45) is 0 Å². The Morgan fingerprint density at radius 2 is 1.83 bits per heavy atom. The fraction of sp³-hybridized carbons (Fsp3) is 0.333. The molecule has 0 aliphatic carbocycles. The van der Waals surface area contributed by atoms with Gasteiger partial charge in [0.1, 0.15) is 0 Å². The number of hydrogen-bond donors (Lipinski definition) is 0. The third kappa shape index (κ3) is 1.60. The van der Waals surface area contributed by atoms with Gasteiger partial charge in [-0.1, -0.05) is 6.07 Å². The van der Waals surface area contributed by atoms with Crippen molar-refractivity contribution in [1.29, 1.82) is 0 Å². The Balaban J connectivity index is 3.26.